The zero-order chi connectivity index (χ0) is 64.0. The maximum atomic E-state index is 14.1. The lowest BCUT2D eigenvalue weighted by atomic mass is 9.80. The highest BCUT2D eigenvalue weighted by atomic mass is 32.3. The Morgan fingerprint density at radius 2 is 0.814 bits per heavy atom. The van der Waals surface area contributed by atoms with Crippen LogP contribution in [0.1, 0.15) is 294 Å². The van der Waals surface area contributed by atoms with Gasteiger partial charge < -0.3 is 54.3 Å². The summed E-state index contributed by atoms with van der Waals surface area (Å²) in [7, 11) is -5.32. The number of aliphatic hydroxyl groups excluding tert-OH is 6. The van der Waals surface area contributed by atoms with E-state index in [1.165, 1.54) is 122 Å². The number of aliphatic hydroxyl groups is 6. The summed E-state index contributed by atoms with van der Waals surface area (Å²) in [5, 5.41) is 64.4. The maximum absolute atomic E-state index is 14.1. The molecule has 0 aromatic carbocycles. The van der Waals surface area contributed by atoms with Crippen LogP contribution in [0, 0.1) is 47.3 Å². The molecule has 18 heteroatoms. The third-order valence-corrected chi connectivity index (χ3v) is 18.8. The molecule has 0 aliphatic carbocycles. The summed E-state index contributed by atoms with van der Waals surface area (Å²) in [6, 6.07) is 0. The Morgan fingerprint density at radius 3 is 1.22 bits per heavy atom. The highest BCUT2D eigenvalue weighted by molar-refractivity contribution is 7.80. The molecule has 19 atom stereocenters. The molecule has 2 fully saturated rings. The van der Waals surface area contributed by atoms with Crippen molar-refractivity contribution in [3.05, 3.63) is 0 Å². The number of hydrogen-bond donors (Lipinski definition) is 7. The number of carbonyl (C=O) groups is 2. The second-order valence-electron chi connectivity index (χ2n) is 27.7. The van der Waals surface area contributed by atoms with Crippen molar-refractivity contribution in [3.8, 4) is 0 Å². The van der Waals surface area contributed by atoms with Gasteiger partial charge in [0.25, 0.3) is 0 Å². The SMILES string of the molecule is CCCCCCCCCCCCCCCC(=O)O[C@@H]1C(OC(=O)[C@@H](C)C[C@@H](C)C[C@@H](C)C[C@@H](C)C[C@@H](C)C[C@@H](C)C[C@@H](C)C[C@@H](C)C(O)CCCCCCCCCCCCCCC)[C@H](O)C(CO)O[C@@H]1O[C@H]1OC(CO)[C@@H](O)C(O)[C@@H]1OS(=O)(=O)O. The van der Waals surface area contributed by atoms with E-state index in [2.05, 4.69) is 66.5 Å². The van der Waals surface area contributed by atoms with Gasteiger partial charge in [-0.15, -0.1) is 0 Å². The average molecular weight is 1250 g/mol. The van der Waals surface area contributed by atoms with Gasteiger partial charge in [-0.2, -0.15) is 8.42 Å². The molecule has 510 valence electrons. The summed E-state index contributed by atoms with van der Waals surface area (Å²) < 4.78 is 67.4. The van der Waals surface area contributed by atoms with E-state index < -0.39 is 103 Å². The van der Waals surface area contributed by atoms with E-state index in [4.69, 9.17) is 23.7 Å². The molecule has 0 saturated carbocycles. The van der Waals surface area contributed by atoms with Crippen LogP contribution in [-0.2, 0) is 47.9 Å². The van der Waals surface area contributed by atoms with Gasteiger partial charge >= 0.3 is 22.3 Å². The van der Waals surface area contributed by atoms with Crippen LogP contribution in [-0.4, -0.2) is 136 Å². The first-order valence-electron chi connectivity index (χ1n) is 34.9. The van der Waals surface area contributed by atoms with E-state index in [1.807, 2.05) is 0 Å². The van der Waals surface area contributed by atoms with E-state index in [1.54, 1.807) is 6.92 Å². The largest absolute Gasteiger partial charge is 0.455 e. The Balaban J connectivity index is 1.96. The molecular weight excluding hydrogens is 1120 g/mol. The fourth-order valence-corrected chi connectivity index (χ4v) is 14.3. The lowest BCUT2D eigenvalue weighted by Crippen LogP contribution is -2.65. The van der Waals surface area contributed by atoms with E-state index in [0.717, 1.165) is 83.5 Å². The first-order chi connectivity index (χ1) is 40.9. The van der Waals surface area contributed by atoms with E-state index >= 15 is 0 Å². The monoisotopic (exact) mass is 1250 g/mol. The fourth-order valence-electron chi connectivity index (χ4n) is 13.9. The van der Waals surface area contributed by atoms with Crippen LogP contribution >= 0.6 is 0 Å². The summed E-state index contributed by atoms with van der Waals surface area (Å²) in [6.07, 6.45) is 20.6. The third kappa shape index (κ3) is 34.8. The van der Waals surface area contributed by atoms with Crippen LogP contribution < -0.4 is 0 Å². The molecule has 2 saturated heterocycles. The minimum atomic E-state index is -5.32. The molecule has 2 aliphatic rings. The topological polar surface area (TPSA) is 265 Å². The predicted molar refractivity (Wildman–Crippen MR) is 339 cm³/mol. The molecule has 17 nitrogen and oxygen atoms in total. The molecule has 0 radical (unpaired) electrons. The van der Waals surface area contributed by atoms with Crippen LogP contribution in [0.3, 0.4) is 0 Å². The van der Waals surface area contributed by atoms with E-state index in [-0.39, 0.29) is 18.4 Å². The molecule has 0 spiro atoms. The van der Waals surface area contributed by atoms with Gasteiger partial charge in [0.1, 0.15) is 30.5 Å². The van der Waals surface area contributed by atoms with Gasteiger partial charge in [0.15, 0.2) is 24.6 Å². The lowest BCUT2D eigenvalue weighted by molar-refractivity contribution is -0.374. The summed E-state index contributed by atoms with van der Waals surface area (Å²) in [4.78, 5) is 27.7. The second kappa shape index (κ2) is 46.5. The molecule has 7 N–H and O–H groups in total. The summed E-state index contributed by atoms with van der Waals surface area (Å²) in [6.45, 7) is 20.4. The molecule has 2 rings (SSSR count). The van der Waals surface area contributed by atoms with Crippen molar-refractivity contribution in [2.75, 3.05) is 13.2 Å². The first-order valence-corrected chi connectivity index (χ1v) is 36.3. The minimum absolute atomic E-state index is 0.0550. The number of ether oxygens (including phenoxy) is 5. The van der Waals surface area contributed by atoms with Gasteiger partial charge in [0.05, 0.1) is 25.2 Å². The van der Waals surface area contributed by atoms with Gasteiger partial charge in [0, 0.05) is 6.42 Å². The predicted octanol–water partition coefficient (Wildman–Crippen LogP) is 13.7. The zero-order valence-corrected chi connectivity index (χ0v) is 56.6. The quantitative estimate of drug-likeness (QED) is 0.0170. The Morgan fingerprint density at radius 1 is 0.453 bits per heavy atom. The first kappa shape index (κ1) is 80.5. The zero-order valence-electron chi connectivity index (χ0n) is 55.8. The normalized spacial score (nSPS) is 26.1. The molecule has 0 aromatic rings. The molecular formula is C68H130O17S. The molecule has 2 heterocycles. The van der Waals surface area contributed by atoms with E-state index in [0.29, 0.717) is 48.3 Å². The van der Waals surface area contributed by atoms with Crippen molar-refractivity contribution < 1.29 is 81.1 Å². The summed E-state index contributed by atoms with van der Waals surface area (Å²) in [5.41, 5.74) is 0. The van der Waals surface area contributed by atoms with Gasteiger partial charge in [-0.1, -0.05) is 230 Å². The minimum Gasteiger partial charge on any atom is -0.455 e. The second-order valence-corrected chi connectivity index (χ2v) is 28.7. The standard InChI is InChI=1S/C68H130O17S/c1-11-13-15-17-19-21-23-25-27-29-31-33-35-37-56(71)54(9)44-52(7)42-50(5)40-48(3)39-49(4)41-51(6)43-53(8)45-55(10)66(76)83-63-61(74)58(47-70)81-68(84-67-64(85-86(77,78)79)62(75)60(73)57(46-69)80-67)65(63)82-59(72)38-36-34-32-30-28-26-24-22-20-18-16-14-12-2/h48-58,60-65,67-71,73-75H,11-47H2,1-10H3,(H,77,78,79)/t48-,49+,50-,51+,52-,53+,54-,55+,56?,57?,58?,60-,61-,62?,63?,64+,65-,67-,68-/m1/s1. The van der Waals surface area contributed by atoms with Crippen LogP contribution in [0.25, 0.3) is 0 Å². The highest BCUT2D eigenvalue weighted by Crippen LogP contribution is 2.35. The number of hydrogen-bond acceptors (Lipinski definition) is 16. The Labute approximate surface area is 523 Å². The van der Waals surface area contributed by atoms with Crippen LogP contribution in [0.2, 0.25) is 0 Å². The van der Waals surface area contributed by atoms with Gasteiger partial charge in [-0.05, 0) is 99.2 Å². The van der Waals surface area contributed by atoms with Crippen LogP contribution in [0.4, 0.5) is 0 Å². The van der Waals surface area contributed by atoms with Crippen molar-refractivity contribution in [1.29, 1.82) is 0 Å². The molecule has 0 aromatic heterocycles. The average Bonchev–Trinajstić information content (AvgIpc) is 1.19. The molecule has 2 aliphatic heterocycles. The van der Waals surface area contributed by atoms with Crippen molar-refractivity contribution in [3.63, 3.8) is 0 Å². The van der Waals surface area contributed by atoms with Gasteiger partial charge in [0.2, 0.25) is 6.29 Å². The van der Waals surface area contributed by atoms with E-state index in [9.17, 15) is 53.2 Å². The van der Waals surface area contributed by atoms with Crippen molar-refractivity contribution in [2.24, 2.45) is 47.3 Å². The number of esters is 2. The number of carbonyl (C=O) groups excluding carboxylic acids is 2. The maximum Gasteiger partial charge on any atom is 0.397 e. The molecule has 86 heavy (non-hydrogen) atoms. The Hall–Kier alpha value is -1.55. The lowest BCUT2D eigenvalue weighted by Gasteiger charge is -2.46. The van der Waals surface area contributed by atoms with Crippen molar-refractivity contribution in [2.45, 2.75) is 361 Å². The Bertz CT molecular complexity index is 1810. The molecule has 0 amide bonds. The summed E-state index contributed by atoms with van der Waals surface area (Å²) in [5.74, 6) is 0.860. The summed E-state index contributed by atoms with van der Waals surface area (Å²) >= 11 is 0. The van der Waals surface area contributed by atoms with Crippen LogP contribution in [0.15, 0.2) is 0 Å². The molecule has 0 bridgehead atoms. The smallest absolute Gasteiger partial charge is 0.397 e. The highest BCUT2D eigenvalue weighted by Gasteiger charge is 2.55. The van der Waals surface area contributed by atoms with Gasteiger partial charge in [-0.25, -0.2) is 4.18 Å². The Kier molecular flexibility index (Phi) is 43.6. The van der Waals surface area contributed by atoms with Crippen molar-refractivity contribution >= 4 is 22.3 Å². The van der Waals surface area contributed by atoms with Crippen molar-refractivity contribution in [1.82, 2.24) is 0 Å². The van der Waals surface area contributed by atoms with Gasteiger partial charge in [-0.3, -0.25) is 14.1 Å². The number of rotatable bonds is 52. The number of unbranched alkanes of at least 4 members (excludes halogenated alkanes) is 24. The van der Waals surface area contributed by atoms with Crippen LogP contribution in [0.5, 0.6) is 0 Å². The third-order valence-electron chi connectivity index (χ3n) is 18.3. The molecule has 5 unspecified atom stereocenters. The fraction of sp³-hybridized carbons (Fsp3) is 0.971.